The zero-order chi connectivity index (χ0) is 11.7. The van der Waals surface area contributed by atoms with E-state index in [4.69, 9.17) is 0 Å². The van der Waals surface area contributed by atoms with Gasteiger partial charge in [0.15, 0.2) is 0 Å². The molecule has 1 atom stereocenters. The van der Waals surface area contributed by atoms with Crippen molar-refractivity contribution in [2.24, 2.45) is 0 Å². The second-order valence-electron chi connectivity index (χ2n) is 6.07. The van der Waals surface area contributed by atoms with Gasteiger partial charge < -0.3 is 5.32 Å². The van der Waals surface area contributed by atoms with E-state index in [1.807, 2.05) is 0 Å². The molecule has 15 heavy (non-hydrogen) atoms. The molecule has 1 saturated heterocycles. The van der Waals surface area contributed by atoms with Crippen molar-refractivity contribution in [3.05, 3.63) is 0 Å². The Kier molecular flexibility index (Phi) is 3.83. The van der Waals surface area contributed by atoms with E-state index in [0.29, 0.717) is 11.6 Å². The van der Waals surface area contributed by atoms with Gasteiger partial charge >= 0.3 is 0 Å². The fourth-order valence-corrected chi connectivity index (χ4v) is 2.70. The molecule has 0 spiro atoms. The van der Waals surface area contributed by atoms with Gasteiger partial charge in [0.05, 0.1) is 0 Å². The molecule has 2 heteroatoms. The zero-order valence-corrected chi connectivity index (χ0v) is 11.4. The number of hydrogen-bond acceptors (Lipinski definition) is 2. The Labute approximate surface area is 95.4 Å². The number of likely N-dealkylation sites (tertiary alicyclic amines) is 1. The number of likely N-dealkylation sites (N-methyl/N-ethyl adjacent to an activating group) is 1. The normalized spacial score (nSPS) is 30.4. The first-order valence-electron chi connectivity index (χ1n) is 6.29. The number of nitrogens with one attached hydrogen (secondary N) is 1. The molecule has 0 aromatic carbocycles. The van der Waals surface area contributed by atoms with Crippen molar-refractivity contribution in [3.63, 3.8) is 0 Å². The highest BCUT2D eigenvalue weighted by Crippen LogP contribution is 2.36. The Morgan fingerprint density at radius 1 is 1.27 bits per heavy atom. The minimum atomic E-state index is 0.261. The molecule has 1 aliphatic rings. The standard InChI is InChI=1S/C13H28N2/c1-7-10-14-11-8-9-12(2,3)15(6)13(11,4)5/h11,14H,7-10H2,1-6H3. The van der Waals surface area contributed by atoms with Crippen LogP contribution in [0.15, 0.2) is 0 Å². The molecule has 1 fully saturated rings. The molecule has 1 heterocycles. The van der Waals surface area contributed by atoms with Crippen LogP contribution in [-0.4, -0.2) is 35.6 Å². The van der Waals surface area contributed by atoms with Crippen molar-refractivity contribution >= 4 is 0 Å². The number of rotatable bonds is 3. The van der Waals surface area contributed by atoms with Gasteiger partial charge in [-0.15, -0.1) is 0 Å². The maximum Gasteiger partial charge on any atom is 0.0308 e. The number of piperidine rings is 1. The first-order valence-corrected chi connectivity index (χ1v) is 6.29. The molecule has 90 valence electrons. The van der Waals surface area contributed by atoms with E-state index < -0.39 is 0 Å². The Hall–Kier alpha value is -0.0800. The lowest BCUT2D eigenvalue weighted by Gasteiger charge is -2.55. The first-order chi connectivity index (χ1) is 6.82. The summed E-state index contributed by atoms with van der Waals surface area (Å²) >= 11 is 0. The van der Waals surface area contributed by atoms with Gasteiger partial charge in [-0.1, -0.05) is 6.92 Å². The van der Waals surface area contributed by atoms with Crippen LogP contribution in [0.3, 0.4) is 0 Å². The van der Waals surface area contributed by atoms with Crippen molar-refractivity contribution in [2.75, 3.05) is 13.6 Å². The van der Waals surface area contributed by atoms with Gasteiger partial charge in [-0.05, 0) is 60.5 Å². The average molecular weight is 212 g/mol. The maximum absolute atomic E-state index is 3.69. The van der Waals surface area contributed by atoms with Gasteiger partial charge in [0, 0.05) is 17.1 Å². The Bertz CT molecular complexity index is 209. The van der Waals surface area contributed by atoms with Crippen LogP contribution in [0.25, 0.3) is 0 Å². The average Bonchev–Trinajstić information content (AvgIpc) is 2.14. The summed E-state index contributed by atoms with van der Waals surface area (Å²) in [5.41, 5.74) is 0.602. The molecule has 0 bridgehead atoms. The monoisotopic (exact) mass is 212 g/mol. The number of hydrogen-bond donors (Lipinski definition) is 1. The second-order valence-corrected chi connectivity index (χ2v) is 6.07. The largest absolute Gasteiger partial charge is 0.312 e. The van der Waals surface area contributed by atoms with Gasteiger partial charge in [0.1, 0.15) is 0 Å². The van der Waals surface area contributed by atoms with E-state index in [2.05, 4.69) is 51.9 Å². The van der Waals surface area contributed by atoms with Crippen LogP contribution in [0.2, 0.25) is 0 Å². The van der Waals surface area contributed by atoms with Crippen molar-refractivity contribution in [1.82, 2.24) is 10.2 Å². The zero-order valence-electron chi connectivity index (χ0n) is 11.4. The molecular weight excluding hydrogens is 184 g/mol. The molecule has 1 rings (SSSR count). The molecule has 0 radical (unpaired) electrons. The highest BCUT2D eigenvalue weighted by molar-refractivity contribution is 5.03. The van der Waals surface area contributed by atoms with Crippen LogP contribution in [0.1, 0.15) is 53.9 Å². The molecule has 1 aliphatic heterocycles. The summed E-state index contributed by atoms with van der Waals surface area (Å²) in [5.74, 6) is 0. The highest BCUT2D eigenvalue weighted by atomic mass is 15.3. The van der Waals surface area contributed by atoms with E-state index in [1.54, 1.807) is 0 Å². The lowest BCUT2D eigenvalue weighted by Crippen LogP contribution is -2.66. The van der Waals surface area contributed by atoms with Crippen LogP contribution < -0.4 is 5.32 Å². The molecule has 1 unspecified atom stereocenters. The molecule has 0 saturated carbocycles. The third-order valence-electron chi connectivity index (χ3n) is 4.31. The Morgan fingerprint density at radius 2 is 1.87 bits per heavy atom. The number of nitrogens with zero attached hydrogens (tertiary/aromatic N) is 1. The predicted octanol–water partition coefficient (Wildman–Crippen LogP) is 2.64. The van der Waals surface area contributed by atoms with E-state index in [-0.39, 0.29) is 5.54 Å². The van der Waals surface area contributed by atoms with Crippen LogP contribution in [-0.2, 0) is 0 Å². The summed E-state index contributed by atoms with van der Waals surface area (Å²) in [5, 5.41) is 3.69. The molecule has 1 N–H and O–H groups in total. The van der Waals surface area contributed by atoms with E-state index in [9.17, 15) is 0 Å². The van der Waals surface area contributed by atoms with Gasteiger partial charge in [-0.3, -0.25) is 4.90 Å². The lowest BCUT2D eigenvalue weighted by molar-refractivity contribution is -0.0265. The summed E-state index contributed by atoms with van der Waals surface area (Å²) in [7, 11) is 2.26. The lowest BCUT2D eigenvalue weighted by atomic mass is 9.77. The van der Waals surface area contributed by atoms with Crippen molar-refractivity contribution in [1.29, 1.82) is 0 Å². The summed E-state index contributed by atoms with van der Waals surface area (Å²) < 4.78 is 0. The molecular formula is C13H28N2. The maximum atomic E-state index is 3.69. The quantitative estimate of drug-likeness (QED) is 0.773. The predicted molar refractivity (Wildman–Crippen MR) is 67.2 cm³/mol. The van der Waals surface area contributed by atoms with Crippen molar-refractivity contribution < 1.29 is 0 Å². The van der Waals surface area contributed by atoms with Gasteiger partial charge in [0.25, 0.3) is 0 Å². The second kappa shape index (κ2) is 4.42. The molecule has 0 aromatic heterocycles. The molecule has 0 amide bonds. The summed E-state index contributed by atoms with van der Waals surface area (Å²) in [4.78, 5) is 2.54. The Balaban J connectivity index is 2.71. The third kappa shape index (κ3) is 2.54. The van der Waals surface area contributed by atoms with Crippen molar-refractivity contribution in [3.8, 4) is 0 Å². The summed E-state index contributed by atoms with van der Waals surface area (Å²) in [6, 6.07) is 0.635. The van der Waals surface area contributed by atoms with Gasteiger partial charge in [-0.25, -0.2) is 0 Å². The Morgan fingerprint density at radius 3 is 2.40 bits per heavy atom. The van der Waals surface area contributed by atoms with Crippen molar-refractivity contribution in [2.45, 2.75) is 71.0 Å². The van der Waals surface area contributed by atoms with Crippen LogP contribution in [0, 0.1) is 0 Å². The highest BCUT2D eigenvalue weighted by Gasteiger charge is 2.44. The van der Waals surface area contributed by atoms with Gasteiger partial charge in [-0.2, -0.15) is 0 Å². The fraction of sp³-hybridized carbons (Fsp3) is 1.00. The minimum absolute atomic E-state index is 0.261. The van der Waals surface area contributed by atoms with E-state index in [0.717, 1.165) is 6.54 Å². The van der Waals surface area contributed by atoms with Crippen LogP contribution in [0.4, 0.5) is 0 Å². The van der Waals surface area contributed by atoms with E-state index >= 15 is 0 Å². The molecule has 0 aliphatic carbocycles. The van der Waals surface area contributed by atoms with Gasteiger partial charge in [0.2, 0.25) is 0 Å². The fourth-order valence-electron chi connectivity index (χ4n) is 2.70. The smallest absolute Gasteiger partial charge is 0.0308 e. The third-order valence-corrected chi connectivity index (χ3v) is 4.31. The summed E-state index contributed by atoms with van der Waals surface area (Å²) in [6.07, 6.45) is 3.80. The van der Waals surface area contributed by atoms with E-state index in [1.165, 1.54) is 19.3 Å². The first kappa shape index (κ1) is 13.0. The van der Waals surface area contributed by atoms with Crippen LogP contribution in [0.5, 0.6) is 0 Å². The summed E-state index contributed by atoms with van der Waals surface area (Å²) in [6.45, 7) is 12.8. The topological polar surface area (TPSA) is 15.3 Å². The molecule has 0 aromatic rings. The molecule has 2 nitrogen and oxygen atoms in total. The minimum Gasteiger partial charge on any atom is -0.312 e. The van der Waals surface area contributed by atoms with Crippen LogP contribution >= 0.6 is 0 Å². The SMILES string of the molecule is CCCNC1CCC(C)(C)N(C)C1(C)C.